The highest BCUT2D eigenvalue weighted by atomic mass is 35.5. The van der Waals surface area contributed by atoms with Crippen molar-refractivity contribution in [3.8, 4) is 17.1 Å². The normalized spacial score (nSPS) is 12.0. The van der Waals surface area contributed by atoms with Crippen LogP contribution in [-0.2, 0) is 0 Å². The van der Waals surface area contributed by atoms with Gasteiger partial charge in [-0.1, -0.05) is 53.6 Å². The summed E-state index contributed by atoms with van der Waals surface area (Å²) in [6.07, 6.45) is 2.78. The molecule has 0 bridgehead atoms. The minimum Gasteiger partial charge on any atom is -0.494 e. The summed E-state index contributed by atoms with van der Waals surface area (Å²) in [6.45, 7) is 2.74. The van der Waals surface area contributed by atoms with E-state index in [1.54, 1.807) is 18.2 Å². The van der Waals surface area contributed by atoms with Gasteiger partial charge in [-0.15, -0.1) is 5.10 Å². The lowest BCUT2D eigenvalue weighted by atomic mass is 10.2. The van der Waals surface area contributed by atoms with Crippen LogP contribution in [0, 0.1) is 0 Å². The van der Waals surface area contributed by atoms with Crippen LogP contribution in [0.4, 0.5) is 0 Å². The fourth-order valence-electron chi connectivity index (χ4n) is 2.65. The zero-order chi connectivity index (χ0) is 19.7. The molecule has 28 heavy (non-hydrogen) atoms. The highest BCUT2D eigenvalue weighted by molar-refractivity contribution is 7.15. The minimum atomic E-state index is -0.213. The molecule has 0 N–H and O–H groups in total. The molecule has 2 heterocycles. The van der Waals surface area contributed by atoms with Gasteiger partial charge in [-0.25, -0.2) is 0 Å². The molecule has 2 aromatic carbocycles. The Balaban J connectivity index is 1.68. The molecule has 4 aromatic rings. The van der Waals surface area contributed by atoms with Crippen LogP contribution in [0.5, 0.6) is 5.75 Å². The van der Waals surface area contributed by atoms with Gasteiger partial charge in [-0.05, 0) is 48.4 Å². The highest BCUT2D eigenvalue weighted by Gasteiger charge is 2.14. The van der Waals surface area contributed by atoms with Gasteiger partial charge < -0.3 is 4.74 Å². The fourth-order valence-corrected chi connectivity index (χ4v) is 4.05. The molecule has 4 rings (SSSR count). The van der Waals surface area contributed by atoms with E-state index < -0.39 is 0 Å². The van der Waals surface area contributed by atoms with Gasteiger partial charge in [0, 0.05) is 10.6 Å². The second kappa shape index (κ2) is 7.91. The Bertz CT molecular complexity index is 1250. The number of thiazole rings is 1. The maximum absolute atomic E-state index is 12.7. The largest absolute Gasteiger partial charge is 0.494 e. The van der Waals surface area contributed by atoms with Crippen molar-refractivity contribution in [2.24, 2.45) is 0 Å². The molecule has 5 nitrogen and oxygen atoms in total. The van der Waals surface area contributed by atoms with Gasteiger partial charge in [0.2, 0.25) is 4.96 Å². The summed E-state index contributed by atoms with van der Waals surface area (Å²) in [7, 11) is 0. The average molecular weight is 432 g/mol. The van der Waals surface area contributed by atoms with E-state index in [4.69, 9.17) is 27.9 Å². The first-order valence-corrected chi connectivity index (χ1v) is 10.2. The second-order valence-electron chi connectivity index (χ2n) is 6.09. The van der Waals surface area contributed by atoms with Gasteiger partial charge >= 0.3 is 0 Å². The molecular weight excluding hydrogens is 417 g/mol. The first-order valence-electron chi connectivity index (χ1n) is 8.65. The lowest BCUT2D eigenvalue weighted by Gasteiger charge is -2.03. The van der Waals surface area contributed by atoms with Crippen molar-refractivity contribution in [1.82, 2.24) is 14.6 Å². The summed E-state index contributed by atoms with van der Waals surface area (Å²) in [4.78, 5) is 17.6. The monoisotopic (exact) mass is 431 g/mol. The summed E-state index contributed by atoms with van der Waals surface area (Å²) in [5.74, 6) is 1.21. The van der Waals surface area contributed by atoms with Crippen molar-refractivity contribution in [3.05, 3.63) is 73.0 Å². The number of nitrogens with zero attached hydrogens (tertiary/aromatic N) is 3. The predicted molar refractivity (Wildman–Crippen MR) is 114 cm³/mol. The quantitative estimate of drug-likeness (QED) is 0.467. The lowest BCUT2D eigenvalue weighted by molar-refractivity contribution is 0.317. The summed E-state index contributed by atoms with van der Waals surface area (Å²) in [5.41, 5.74) is 1.33. The van der Waals surface area contributed by atoms with E-state index in [0.29, 0.717) is 37.5 Å². The van der Waals surface area contributed by atoms with Gasteiger partial charge in [0.15, 0.2) is 5.82 Å². The molecule has 0 aliphatic heterocycles. The van der Waals surface area contributed by atoms with Crippen molar-refractivity contribution >= 4 is 45.6 Å². The fraction of sp³-hybridized carbons (Fsp3) is 0.150. The Morgan fingerprint density at radius 3 is 2.64 bits per heavy atom. The van der Waals surface area contributed by atoms with E-state index in [9.17, 15) is 4.79 Å². The van der Waals surface area contributed by atoms with E-state index >= 15 is 0 Å². The SMILES string of the molecule is CCCOc1ccc(/C=c2/sc3nc(-c4ccc(Cl)cc4Cl)nn3c2=O)cc1. The summed E-state index contributed by atoms with van der Waals surface area (Å²) >= 11 is 13.4. The molecule has 2 aromatic heterocycles. The lowest BCUT2D eigenvalue weighted by Crippen LogP contribution is -2.23. The Labute approximate surface area is 174 Å². The Morgan fingerprint density at radius 2 is 1.96 bits per heavy atom. The first-order chi connectivity index (χ1) is 13.5. The average Bonchev–Trinajstić information content (AvgIpc) is 3.21. The molecule has 0 radical (unpaired) electrons. The molecule has 8 heteroatoms. The number of hydrogen-bond donors (Lipinski definition) is 0. The smallest absolute Gasteiger partial charge is 0.291 e. The van der Waals surface area contributed by atoms with Crippen molar-refractivity contribution < 1.29 is 4.74 Å². The third kappa shape index (κ3) is 3.76. The second-order valence-corrected chi connectivity index (χ2v) is 7.94. The number of hydrogen-bond acceptors (Lipinski definition) is 5. The molecule has 0 saturated heterocycles. The van der Waals surface area contributed by atoms with E-state index in [1.165, 1.54) is 15.9 Å². The van der Waals surface area contributed by atoms with Crippen molar-refractivity contribution in [3.63, 3.8) is 0 Å². The van der Waals surface area contributed by atoms with Gasteiger partial charge in [0.1, 0.15) is 5.75 Å². The Hall–Kier alpha value is -2.41. The number of aromatic nitrogens is 3. The van der Waals surface area contributed by atoms with E-state index in [-0.39, 0.29) is 5.56 Å². The van der Waals surface area contributed by atoms with Crippen LogP contribution in [0.1, 0.15) is 18.9 Å². The molecule has 0 unspecified atom stereocenters. The van der Waals surface area contributed by atoms with Crippen LogP contribution in [0.25, 0.3) is 22.4 Å². The van der Waals surface area contributed by atoms with E-state index in [1.807, 2.05) is 30.3 Å². The molecule has 0 aliphatic rings. The Kier molecular flexibility index (Phi) is 5.35. The van der Waals surface area contributed by atoms with Crippen LogP contribution in [0.3, 0.4) is 0 Å². The molecule has 0 amide bonds. The number of rotatable bonds is 5. The number of fused-ring (bicyclic) bond motifs is 1. The van der Waals surface area contributed by atoms with Crippen LogP contribution in [0.15, 0.2) is 47.3 Å². The zero-order valence-corrected chi connectivity index (χ0v) is 17.2. The molecule has 0 atom stereocenters. The van der Waals surface area contributed by atoms with E-state index in [0.717, 1.165) is 17.7 Å². The first kappa shape index (κ1) is 18.9. The third-order valence-electron chi connectivity index (χ3n) is 4.00. The minimum absolute atomic E-state index is 0.213. The summed E-state index contributed by atoms with van der Waals surface area (Å²) in [6, 6.07) is 12.7. The molecule has 0 fully saturated rings. The van der Waals surface area contributed by atoms with Crippen LogP contribution in [-0.4, -0.2) is 21.2 Å². The molecule has 142 valence electrons. The van der Waals surface area contributed by atoms with Crippen LogP contribution in [0.2, 0.25) is 10.0 Å². The van der Waals surface area contributed by atoms with Crippen molar-refractivity contribution in [2.45, 2.75) is 13.3 Å². The molecule has 0 spiro atoms. The van der Waals surface area contributed by atoms with Gasteiger partial charge in [-0.2, -0.15) is 9.50 Å². The van der Waals surface area contributed by atoms with Crippen molar-refractivity contribution in [1.29, 1.82) is 0 Å². The summed E-state index contributed by atoms with van der Waals surface area (Å²) < 4.78 is 7.44. The van der Waals surface area contributed by atoms with Gasteiger partial charge in [-0.3, -0.25) is 4.79 Å². The number of halogens is 2. The molecule has 0 saturated carbocycles. The Morgan fingerprint density at radius 1 is 1.18 bits per heavy atom. The maximum Gasteiger partial charge on any atom is 0.291 e. The van der Waals surface area contributed by atoms with Gasteiger partial charge in [0.25, 0.3) is 5.56 Å². The third-order valence-corrected chi connectivity index (χ3v) is 5.51. The zero-order valence-electron chi connectivity index (χ0n) is 14.9. The predicted octanol–water partition coefficient (Wildman–Crippen LogP) is 4.46. The molecule has 0 aliphatic carbocycles. The summed E-state index contributed by atoms with van der Waals surface area (Å²) in [5, 5.41) is 5.29. The van der Waals surface area contributed by atoms with Crippen LogP contribution < -0.4 is 14.8 Å². The molecular formula is C20H15Cl2N3O2S. The van der Waals surface area contributed by atoms with E-state index in [2.05, 4.69) is 17.0 Å². The van der Waals surface area contributed by atoms with Crippen LogP contribution >= 0.6 is 34.5 Å². The maximum atomic E-state index is 12.7. The van der Waals surface area contributed by atoms with Crippen molar-refractivity contribution in [2.75, 3.05) is 6.61 Å². The highest BCUT2D eigenvalue weighted by Crippen LogP contribution is 2.28. The topological polar surface area (TPSA) is 56.5 Å². The number of benzene rings is 2. The standard InChI is InChI=1S/C20H15Cl2N3O2S/c1-2-9-27-14-6-3-12(4-7-14)10-17-19(26)25-20(28-17)23-18(24-25)15-8-5-13(21)11-16(15)22/h3-8,10-11H,2,9H2,1H3/b17-10+. The van der Waals surface area contributed by atoms with Gasteiger partial charge in [0.05, 0.1) is 16.2 Å². The number of ether oxygens (including phenoxy) is 1.